The Morgan fingerprint density at radius 1 is 0.655 bits per heavy atom. The first-order valence-corrected chi connectivity index (χ1v) is 8.88. The fourth-order valence-corrected chi connectivity index (χ4v) is 2.88. The smallest absolute Gasteiger partial charge is 0.255 e. The third-order valence-corrected chi connectivity index (χ3v) is 4.39. The summed E-state index contributed by atoms with van der Waals surface area (Å²) in [4.78, 5) is 25.5. The summed E-state index contributed by atoms with van der Waals surface area (Å²) in [6, 6.07) is 18.7. The number of hydrogen-bond acceptors (Lipinski definition) is 5. The van der Waals surface area contributed by atoms with Crippen LogP contribution in [0, 0.1) is 0 Å². The number of benzene rings is 3. The second kappa shape index (κ2) is 8.93. The summed E-state index contributed by atoms with van der Waals surface area (Å²) in [6.45, 7) is 0. The maximum absolute atomic E-state index is 12.8. The van der Waals surface area contributed by atoms with Gasteiger partial charge in [0.05, 0.1) is 27.0 Å². The second-order valence-electron chi connectivity index (χ2n) is 6.13. The second-order valence-corrected chi connectivity index (χ2v) is 6.13. The first-order valence-electron chi connectivity index (χ1n) is 8.88. The molecule has 6 heteroatoms. The lowest BCUT2D eigenvalue weighted by Crippen LogP contribution is -2.14. The van der Waals surface area contributed by atoms with E-state index >= 15 is 0 Å². The Hall–Kier alpha value is -3.80. The lowest BCUT2D eigenvalue weighted by atomic mass is 10.0. The number of rotatable bonds is 7. The van der Waals surface area contributed by atoms with Crippen molar-refractivity contribution < 1.29 is 23.8 Å². The van der Waals surface area contributed by atoms with Crippen molar-refractivity contribution in [2.24, 2.45) is 0 Å². The van der Waals surface area contributed by atoms with Gasteiger partial charge in [-0.05, 0) is 36.4 Å². The number of hydrogen-bond donors (Lipinski definition) is 1. The van der Waals surface area contributed by atoms with E-state index in [9.17, 15) is 9.59 Å². The number of carbonyl (C=O) groups excluding carboxylic acids is 2. The lowest BCUT2D eigenvalue weighted by Gasteiger charge is -2.13. The normalized spacial score (nSPS) is 10.2. The first kappa shape index (κ1) is 19.9. The fourth-order valence-electron chi connectivity index (χ4n) is 2.88. The molecule has 0 bridgehead atoms. The van der Waals surface area contributed by atoms with E-state index in [1.165, 1.54) is 21.3 Å². The molecule has 3 rings (SSSR count). The van der Waals surface area contributed by atoms with Crippen molar-refractivity contribution in [3.8, 4) is 17.2 Å². The van der Waals surface area contributed by atoms with Crippen molar-refractivity contribution in [3.05, 3.63) is 83.4 Å². The molecule has 0 saturated heterocycles. The molecule has 0 saturated carbocycles. The maximum Gasteiger partial charge on any atom is 0.255 e. The van der Waals surface area contributed by atoms with Crippen LogP contribution in [0.3, 0.4) is 0 Å². The van der Waals surface area contributed by atoms with E-state index in [0.29, 0.717) is 39.6 Å². The fraction of sp³-hybridized carbons (Fsp3) is 0.130. The number of anilines is 1. The average Bonchev–Trinajstić information content (AvgIpc) is 2.78. The Labute approximate surface area is 169 Å². The van der Waals surface area contributed by atoms with Gasteiger partial charge in [0.2, 0.25) is 0 Å². The van der Waals surface area contributed by atoms with Crippen LogP contribution in [0.15, 0.2) is 66.7 Å². The van der Waals surface area contributed by atoms with Gasteiger partial charge in [-0.3, -0.25) is 9.59 Å². The van der Waals surface area contributed by atoms with Gasteiger partial charge in [0.15, 0.2) is 17.3 Å². The SMILES string of the molecule is COc1ccc(C(=O)c2ccccc2)cc1NC(=O)c1ccc(OC)c(OC)c1. The summed E-state index contributed by atoms with van der Waals surface area (Å²) in [6.07, 6.45) is 0. The molecule has 0 heterocycles. The van der Waals surface area contributed by atoms with Crippen molar-refractivity contribution in [1.82, 2.24) is 0 Å². The Bertz CT molecular complexity index is 1030. The Kier molecular flexibility index (Phi) is 6.14. The molecule has 3 aromatic rings. The lowest BCUT2D eigenvalue weighted by molar-refractivity contribution is 0.102. The summed E-state index contributed by atoms with van der Waals surface area (Å²) in [5.41, 5.74) is 1.79. The number of carbonyl (C=O) groups is 2. The van der Waals surface area contributed by atoms with Gasteiger partial charge in [0.1, 0.15) is 5.75 Å². The highest BCUT2D eigenvalue weighted by Gasteiger charge is 2.16. The zero-order valence-corrected chi connectivity index (χ0v) is 16.4. The van der Waals surface area contributed by atoms with Crippen LogP contribution in [-0.4, -0.2) is 33.0 Å². The molecule has 6 nitrogen and oxygen atoms in total. The summed E-state index contributed by atoms with van der Waals surface area (Å²) in [5, 5.41) is 2.80. The zero-order chi connectivity index (χ0) is 20.8. The highest BCUT2D eigenvalue weighted by atomic mass is 16.5. The van der Waals surface area contributed by atoms with E-state index in [1.807, 2.05) is 6.07 Å². The number of ether oxygens (including phenoxy) is 3. The molecule has 1 N–H and O–H groups in total. The molecule has 148 valence electrons. The van der Waals surface area contributed by atoms with Crippen LogP contribution >= 0.6 is 0 Å². The number of ketones is 1. The third kappa shape index (κ3) is 4.38. The van der Waals surface area contributed by atoms with Crippen molar-refractivity contribution >= 4 is 17.4 Å². The summed E-state index contributed by atoms with van der Waals surface area (Å²) in [7, 11) is 4.53. The molecule has 0 aromatic heterocycles. The zero-order valence-electron chi connectivity index (χ0n) is 16.4. The van der Waals surface area contributed by atoms with Crippen molar-refractivity contribution in [2.75, 3.05) is 26.6 Å². The largest absolute Gasteiger partial charge is 0.495 e. The van der Waals surface area contributed by atoms with Crippen LogP contribution in [-0.2, 0) is 0 Å². The first-order chi connectivity index (χ1) is 14.1. The molecule has 1 amide bonds. The topological polar surface area (TPSA) is 73.9 Å². The van der Waals surface area contributed by atoms with Gasteiger partial charge in [-0.25, -0.2) is 0 Å². The van der Waals surface area contributed by atoms with E-state index in [2.05, 4.69) is 5.32 Å². The molecular weight excluding hydrogens is 370 g/mol. The van der Waals surface area contributed by atoms with Gasteiger partial charge in [-0.1, -0.05) is 30.3 Å². The predicted octanol–water partition coefficient (Wildman–Crippen LogP) is 4.20. The van der Waals surface area contributed by atoms with Crippen LogP contribution < -0.4 is 19.5 Å². The Balaban J connectivity index is 1.90. The molecule has 0 radical (unpaired) electrons. The third-order valence-electron chi connectivity index (χ3n) is 4.39. The van der Waals surface area contributed by atoms with Crippen LogP contribution in [0.2, 0.25) is 0 Å². The minimum atomic E-state index is -0.367. The van der Waals surface area contributed by atoms with Crippen LogP contribution in [0.5, 0.6) is 17.2 Å². The minimum absolute atomic E-state index is 0.144. The molecule has 3 aromatic carbocycles. The van der Waals surface area contributed by atoms with Crippen LogP contribution in [0.4, 0.5) is 5.69 Å². The van der Waals surface area contributed by atoms with E-state index in [0.717, 1.165) is 0 Å². The van der Waals surface area contributed by atoms with Gasteiger partial charge >= 0.3 is 0 Å². The van der Waals surface area contributed by atoms with E-state index < -0.39 is 0 Å². The van der Waals surface area contributed by atoms with E-state index in [-0.39, 0.29) is 11.7 Å². The van der Waals surface area contributed by atoms with Gasteiger partial charge in [0.25, 0.3) is 5.91 Å². The molecule has 0 atom stereocenters. The molecule has 0 aliphatic carbocycles. The number of methoxy groups -OCH3 is 3. The van der Waals surface area contributed by atoms with Crippen molar-refractivity contribution in [1.29, 1.82) is 0 Å². The predicted molar refractivity (Wildman–Crippen MR) is 110 cm³/mol. The maximum atomic E-state index is 12.8. The molecule has 0 spiro atoms. The number of nitrogens with one attached hydrogen (secondary N) is 1. The summed E-state index contributed by atoms with van der Waals surface area (Å²) in [5.74, 6) is 0.907. The van der Waals surface area contributed by atoms with Crippen LogP contribution in [0.25, 0.3) is 0 Å². The van der Waals surface area contributed by atoms with E-state index in [1.54, 1.807) is 60.7 Å². The molecular formula is C23H21NO5. The summed E-state index contributed by atoms with van der Waals surface area (Å²) >= 11 is 0. The van der Waals surface area contributed by atoms with Gasteiger partial charge in [0, 0.05) is 16.7 Å². The van der Waals surface area contributed by atoms with E-state index in [4.69, 9.17) is 14.2 Å². The number of amides is 1. The monoisotopic (exact) mass is 391 g/mol. The molecule has 0 aliphatic rings. The average molecular weight is 391 g/mol. The molecule has 0 aliphatic heterocycles. The standard InChI is InChI=1S/C23H21NO5/c1-27-19-11-9-16(22(25)15-7-5-4-6-8-15)13-18(19)24-23(26)17-10-12-20(28-2)21(14-17)29-3/h4-14H,1-3H3,(H,24,26). The molecule has 29 heavy (non-hydrogen) atoms. The van der Waals surface area contributed by atoms with Gasteiger partial charge in [-0.15, -0.1) is 0 Å². The van der Waals surface area contributed by atoms with Gasteiger partial charge < -0.3 is 19.5 Å². The summed E-state index contributed by atoms with van der Waals surface area (Å²) < 4.78 is 15.8. The van der Waals surface area contributed by atoms with Crippen LogP contribution in [0.1, 0.15) is 26.3 Å². The highest BCUT2D eigenvalue weighted by molar-refractivity contribution is 6.11. The quantitative estimate of drug-likeness (QED) is 0.611. The van der Waals surface area contributed by atoms with Crippen molar-refractivity contribution in [2.45, 2.75) is 0 Å². The van der Waals surface area contributed by atoms with Crippen molar-refractivity contribution in [3.63, 3.8) is 0 Å². The highest BCUT2D eigenvalue weighted by Crippen LogP contribution is 2.30. The Morgan fingerprint density at radius 2 is 1.28 bits per heavy atom. The minimum Gasteiger partial charge on any atom is -0.495 e. The Morgan fingerprint density at radius 3 is 1.93 bits per heavy atom. The molecule has 0 fully saturated rings. The molecule has 0 unspecified atom stereocenters. The van der Waals surface area contributed by atoms with Gasteiger partial charge in [-0.2, -0.15) is 0 Å².